The van der Waals surface area contributed by atoms with Gasteiger partial charge in [-0.05, 0) is 51.3 Å². The zero-order chi connectivity index (χ0) is 14.7. The van der Waals surface area contributed by atoms with Crippen LogP contribution in [0.5, 0.6) is 0 Å². The Labute approximate surface area is 134 Å². The summed E-state index contributed by atoms with van der Waals surface area (Å²) in [7, 11) is 0. The number of carbonyl (C=O) groups excluding carboxylic acids is 1. The number of piperidine rings is 1. The van der Waals surface area contributed by atoms with Crippen LogP contribution in [0.3, 0.4) is 0 Å². The first-order valence-electron chi connectivity index (χ1n) is 6.88. The van der Waals surface area contributed by atoms with Crippen molar-refractivity contribution in [3.63, 3.8) is 0 Å². The molecule has 2 rings (SSSR count). The van der Waals surface area contributed by atoms with Crippen molar-refractivity contribution < 1.29 is 4.79 Å². The summed E-state index contributed by atoms with van der Waals surface area (Å²) in [6.07, 6.45) is 3.40. The molecule has 20 heavy (non-hydrogen) atoms. The van der Waals surface area contributed by atoms with Gasteiger partial charge in [0.25, 0.3) is 0 Å². The maximum absolute atomic E-state index is 12.4. The molecule has 1 amide bonds. The fourth-order valence-electron chi connectivity index (χ4n) is 2.71. The van der Waals surface area contributed by atoms with E-state index in [1.807, 2.05) is 11.0 Å². The van der Waals surface area contributed by atoms with Crippen molar-refractivity contribution in [2.24, 2.45) is 0 Å². The Balaban J connectivity index is 1.99. The maximum Gasteiger partial charge on any atom is 0.233 e. The van der Waals surface area contributed by atoms with Gasteiger partial charge >= 0.3 is 0 Å². The largest absolute Gasteiger partial charge is 0.337 e. The lowest BCUT2D eigenvalue weighted by molar-refractivity contribution is -0.134. The summed E-state index contributed by atoms with van der Waals surface area (Å²) in [5.74, 6) is 0.597. The van der Waals surface area contributed by atoms with Gasteiger partial charge in [0.15, 0.2) is 0 Å². The van der Waals surface area contributed by atoms with Crippen LogP contribution in [0.2, 0.25) is 10.0 Å². The topological polar surface area (TPSA) is 20.3 Å². The Morgan fingerprint density at radius 2 is 1.95 bits per heavy atom. The van der Waals surface area contributed by atoms with Crippen LogP contribution in [-0.2, 0) is 4.79 Å². The predicted octanol–water partition coefficient (Wildman–Crippen LogP) is 4.88. The molecular weight excluding hydrogens is 313 g/mol. The lowest BCUT2D eigenvalue weighted by Gasteiger charge is -2.39. The molecular formula is C15H19Cl2NOS. The van der Waals surface area contributed by atoms with Crippen LogP contribution >= 0.6 is 35.0 Å². The molecule has 1 aliphatic rings. The van der Waals surface area contributed by atoms with E-state index in [2.05, 4.69) is 13.8 Å². The molecule has 0 N–H and O–H groups in total. The summed E-state index contributed by atoms with van der Waals surface area (Å²) < 4.78 is 0. The summed E-state index contributed by atoms with van der Waals surface area (Å²) in [4.78, 5) is 15.3. The second-order valence-electron chi connectivity index (χ2n) is 5.29. The SMILES string of the molecule is C[C@@H]1CCC[C@@H](C)N1C(=O)CSc1cc(Cl)ccc1Cl. The van der Waals surface area contributed by atoms with Crippen molar-refractivity contribution >= 4 is 40.9 Å². The van der Waals surface area contributed by atoms with E-state index in [9.17, 15) is 4.79 Å². The summed E-state index contributed by atoms with van der Waals surface area (Å²) >= 11 is 13.5. The third-order valence-electron chi connectivity index (χ3n) is 3.73. The number of carbonyl (C=O) groups is 1. The maximum atomic E-state index is 12.4. The molecule has 1 fully saturated rings. The van der Waals surface area contributed by atoms with Crippen LogP contribution in [0.1, 0.15) is 33.1 Å². The minimum absolute atomic E-state index is 0.186. The van der Waals surface area contributed by atoms with Crippen LogP contribution in [-0.4, -0.2) is 28.6 Å². The van der Waals surface area contributed by atoms with E-state index in [1.165, 1.54) is 18.2 Å². The van der Waals surface area contributed by atoms with Crippen LogP contribution in [0, 0.1) is 0 Å². The zero-order valence-electron chi connectivity index (χ0n) is 11.7. The number of halogens is 2. The number of hydrogen-bond acceptors (Lipinski definition) is 2. The summed E-state index contributed by atoms with van der Waals surface area (Å²) in [5.41, 5.74) is 0. The van der Waals surface area contributed by atoms with Crippen LogP contribution in [0.4, 0.5) is 0 Å². The minimum atomic E-state index is 0.186. The van der Waals surface area contributed by atoms with Crippen LogP contribution in [0.25, 0.3) is 0 Å². The van der Waals surface area contributed by atoms with Gasteiger partial charge in [0.1, 0.15) is 0 Å². The molecule has 1 saturated heterocycles. The lowest BCUT2D eigenvalue weighted by Crippen LogP contribution is -2.48. The molecule has 0 saturated carbocycles. The molecule has 1 aromatic rings. The van der Waals surface area contributed by atoms with Gasteiger partial charge in [0.2, 0.25) is 5.91 Å². The first kappa shape index (κ1) is 16.0. The van der Waals surface area contributed by atoms with Crippen molar-refractivity contribution in [2.75, 3.05) is 5.75 Å². The highest BCUT2D eigenvalue weighted by Gasteiger charge is 2.28. The quantitative estimate of drug-likeness (QED) is 0.736. The van der Waals surface area contributed by atoms with Crippen LogP contribution < -0.4 is 0 Å². The van der Waals surface area contributed by atoms with Gasteiger partial charge in [-0.2, -0.15) is 0 Å². The lowest BCUT2D eigenvalue weighted by atomic mass is 9.98. The average Bonchev–Trinajstić information content (AvgIpc) is 2.39. The molecule has 0 aromatic heterocycles. The van der Waals surface area contributed by atoms with E-state index in [-0.39, 0.29) is 5.91 Å². The van der Waals surface area contributed by atoms with E-state index in [0.717, 1.165) is 17.7 Å². The normalized spacial score (nSPS) is 22.9. The standard InChI is InChI=1S/C15H19Cl2NOS/c1-10-4-3-5-11(2)18(10)15(19)9-20-14-8-12(16)6-7-13(14)17/h6-8,10-11H,3-5,9H2,1-2H3/t10-,11-/m1/s1. The fraction of sp³-hybridized carbons (Fsp3) is 0.533. The van der Waals surface area contributed by atoms with Crippen molar-refractivity contribution in [3.05, 3.63) is 28.2 Å². The zero-order valence-corrected chi connectivity index (χ0v) is 14.1. The van der Waals surface area contributed by atoms with E-state index in [4.69, 9.17) is 23.2 Å². The highest BCUT2D eigenvalue weighted by atomic mass is 35.5. The van der Waals surface area contributed by atoms with Gasteiger partial charge in [-0.3, -0.25) is 4.79 Å². The van der Waals surface area contributed by atoms with E-state index >= 15 is 0 Å². The van der Waals surface area contributed by atoms with Gasteiger partial charge in [0, 0.05) is 22.0 Å². The number of rotatable bonds is 3. The molecule has 1 aliphatic heterocycles. The molecule has 0 radical (unpaired) electrons. The average molecular weight is 332 g/mol. The second kappa shape index (κ2) is 7.06. The Kier molecular flexibility index (Phi) is 5.65. The minimum Gasteiger partial charge on any atom is -0.337 e. The van der Waals surface area contributed by atoms with E-state index in [1.54, 1.807) is 12.1 Å². The van der Waals surface area contributed by atoms with Crippen LogP contribution in [0.15, 0.2) is 23.1 Å². The Hall–Kier alpha value is -0.380. The summed E-state index contributed by atoms with van der Waals surface area (Å²) in [6.45, 7) is 4.26. The molecule has 5 heteroatoms. The number of amides is 1. The molecule has 1 aromatic carbocycles. The van der Waals surface area contributed by atoms with Crippen molar-refractivity contribution in [1.29, 1.82) is 0 Å². The number of likely N-dealkylation sites (tertiary alicyclic amines) is 1. The van der Waals surface area contributed by atoms with Crippen molar-refractivity contribution in [3.8, 4) is 0 Å². The molecule has 0 bridgehead atoms. The summed E-state index contributed by atoms with van der Waals surface area (Å²) in [5, 5.41) is 1.29. The van der Waals surface area contributed by atoms with Gasteiger partial charge < -0.3 is 4.90 Å². The first-order chi connectivity index (χ1) is 9.49. The first-order valence-corrected chi connectivity index (χ1v) is 8.62. The molecule has 2 atom stereocenters. The van der Waals surface area contributed by atoms with E-state index in [0.29, 0.717) is 27.9 Å². The third-order valence-corrected chi connectivity index (χ3v) is 5.44. The fourth-order valence-corrected chi connectivity index (χ4v) is 4.08. The molecule has 2 nitrogen and oxygen atoms in total. The van der Waals surface area contributed by atoms with E-state index < -0.39 is 0 Å². The van der Waals surface area contributed by atoms with Gasteiger partial charge in [0.05, 0.1) is 10.8 Å². The number of nitrogens with zero attached hydrogens (tertiary/aromatic N) is 1. The Morgan fingerprint density at radius 3 is 2.60 bits per heavy atom. The molecule has 0 aliphatic carbocycles. The predicted molar refractivity (Wildman–Crippen MR) is 86.8 cm³/mol. The van der Waals surface area contributed by atoms with Gasteiger partial charge in [-0.15, -0.1) is 11.8 Å². The smallest absolute Gasteiger partial charge is 0.233 e. The molecule has 0 unspecified atom stereocenters. The van der Waals surface area contributed by atoms with Gasteiger partial charge in [-0.1, -0.05) is 23.2 Å². The van der Waals surface area contributed by atoms with Crippen molar-refractivity contribution in [2.45, 2.75) is 50.1 Å². The monoisotopic (exact) mass is 331 g/mol. The number of hydrogen-bond donors (Lipinski definition) is 0. The Morgan fingerprint density at radius 1 is 1.30 bits per heavy atom. The second-order valence-corrected chi connectivity index (χ2v) is 7.15. The Bertz CT molecular complexity index is 485. The highest BCUT2D eigenvalue weighted by Crippen LogP contribution is 2.31. The molecule has 1 heterocycles. The summed E-state index contributed by atoms with van der Waals surface area (Å²) in [6, 6.07) is 6.00. The molecule has 110 valence electrons. The number of benzene rings is 1. The number of thioether (sulfide) groups is 1. The molecule has 0 spiro atoms. The third kappa shape index (κ3) is 3.84. The highest BCUT2D eigenvalue weighted by molar-refractivity contribution is 8.00. The van der Waals surface area contributed by atoms with Crippen molar-refractivity contribution in [1.82, 2.24) is 4.90 Å². The van der Waals surface area contributed by atoms with Gasteiger partial charge in [-0.25, -0.2) is 0 Å².